The first kappa shape index (κ1) is 11.9. The molecule has 4 heteroatoms. The minimum absolute atomic E-state index is 0.0633. The molecule has 0 radical (unpaired) electrons. The van der Waals surface area contributed by atoms with Gasteiger partial charge in [-0.15, -0.1) is 0 Å². The maximum atomic E-state index is 9.06. The van der Waals surface area contributed by atoms with Gasteiger partial charge in [-0.05, 0) is 39.4 Å². The van der Waals surface area contributed by atoms with E-state index in [1.54, 1.807) is 0 Å². The maximum absolute atomic E-state index is 9.06. The fraction of sp³-hybridized carbons (Fsp3) is 1.00. The number of likely N-dealkylation sites (tertiary alicyclic amines) is 1. The third kappa shape index (κ3) is 3.92. The number of hydrogen-bond acceptors (Lipinski definition) is 4. The molecule has 0 aromatic carbocycles. The summed E-state index contributed by atoms with van der Waals surface area (Å²) in [5, 5.41) is 21.2. The van der Waals surface area contributed by atoms with Crippen LogP contribution in [0.5, 0.6) is 0 Å². The molecule has 1 aliphatic heterocycles. The van der Waals surface area contributed by atoms with Gasteiger partial charge >= 0.3 is 0 Å². The highest BCUT2D eigenvalue weighted by Gasteiger charge is 2.19. The van der Waals surface area contributed by atoms with E-state index in [1.165, 1.54) is 0 Å². The number of rotatable bonds is 5. The average molecular weight is 202 g/mol. The molecular formula is C10H22N2O2. The van der Waals surface area contributed by atoms with Crippen LogP contribution in [0.3, 0.4) is 0 Å². The van der Waals surface area contributed by atoms with Crippen LogP contribution in [0.2, 0.25) is 0 Å². The smallest absolute Gasteiger partial charge is 0.0585 e. The van der Waals surface area contributed by atoms with Gasteiger partial charge in [0.05, 0.1) is 6.61 Å². The first-order chi connectivity index (χ1) is 6.76. The molecule has 1 fully saturated rings. The van der Waals surface area contributed by atoms with E-state index in [1.807, 2.05) is 0 Å². The van der Waals surface area contributed by atoms with E-state index >= 15 is 0 Å². The van der Waals surface area contributed by atoms with Crippen molar-refractivity contribution >= 4 is 0 Å². The SMILES string of the molecule is CN1CCC(NC(CO)CCO)CC1. The lowest BCUT2D eigenvalue weighted by atomic mass is 10.0. The summed E-state index contributed by atoms with van der Waals surface area (Å²) in [6.45, 7) is 2.50. The van der Waals surface area contributed by atoms with Gasteiger partial charge in [0, 0.05) is 18.7 Å². The number of aliphatic hydroxyl groups excluding tert-OH is 2. The molecule has 1 unspecified atom stereocenters. The molecule has 1 atom stereocenters. The normalized spacial score (nSPS) is 22.5. The molecule has 3 N–H and O–H groups in total. The van der Waals surface area contributed by atoms with Gasteiger partial charge in [0.25, 0.3) is 0 Å². The fourth-order valence-corrected chi connectivity index (χ4v) is 1.89. The van der Waals surface area contributed by atoms with E-state index in [0.717, 1.165) is 25.9 Å². The molecule has 1 heterocycles. The largest absolute Gasteiger partial charge is 0.396 e. The fourth-order valence-electron chi connectivity index (χ4n) is 1.89. The molecule has 1 aliphatic rings. The van der Waals surface area contributed by atoms with Crippen molar-refractivity contribution < 1.29 is 10.2 Å². The quantitative estimate of drug-likeness (QED) is 0.558. The van der Waals surface area contributed by atoms with Crippen LogP contribution in [0.4, 0.5) is 0 Å². The number of piperidine rings is 1. The van der Waals surface area contributed by atoms with Crippen LogP contribution < -0.4 is 5.32 Å². The summed E-state index contributed by atoms with van der Waals surface area (Å²) in [5.74, 6) is 0. The Morgan fingerprint density at radius 2 is 2.00 bits per heavy atom. The molecule has 0 amide bonds. The van der Waals surface area contributed by atoms with Crippen molar-refractivity contribution in [1.29, 1.82) is 0 Å². The molecule has 0 bridgehead atoms. The highest BCUT2D eigenvalue weighted by Crippen LogP contribution is 2.09. The Kier molecular flexibility index (Phi) is 5.40. The van der Waals surface area contributed by atoms with Crippen LogP contribution in [-0.2, 0) is 0 Å². The second kappa shape index (κ2) is 6.35. The van der Waals surface area contributed by atoms with Gasteiger partial charge in [-0.3, -0.25) is 0 Å². The first-order valence-electron chi connectivity index (χ1n) is 5.42. The molecule has 1 saturated heterocycles. The summed E-state index contributed by atoms with van der Waals surface area (Å²) in [5.41, 5.74) is 0. The monoisotopic (exact) mass is 202 g/mol. The van der Waals surface area contributed by atoms with Crippen molar-refractivity contribution in [2.75, 3.05) is 33.4 Å². The number of nitrogens with zero attached hydrogens (tertiary/aromatic N) is 1. The predicted octanol–water partition coefficient (Wildman–Crippen LogP) is -0.586. The van der Waals surface area contributed by atoms with Gasteiger partial charge in [0.2, 0.25) is 0 Å². The zero-order valence-corrected chi connectivity index (χ0v) is 8.95. The second-order valence-electron chi connectivity index (χ2n) is 4.14. The Morgan fingerprint density at radius 1 is 1.36 bits per heavy atom. The van der Waals surface area contributed by atoms with Crippen LogP contribution in [-0.4, -0.2) is 60.5 Å². The van der Waals surface area contributed by atoms with Crippen molar-refractivity contribution in [2.45, 2.75) is 31.3 Å². The molecule has 4 nitrogen and oxygen atoms in total. The highest BCUT2D eigenvalue weighted by atomic mass is 16.3. The van der Waals surface area contributed by atoms with E-state index in [-0.39, 0.29) is 19.3 Å². The van der Waals surface area contributed by atoms with Gasteiger partial charge in [-0.25, -0.2) is 0 Å². The van der Waals surface area contributed by atoms with E-state index in [4.69, 9.17) is 10.2 Å². The minimum Gasteiger partial charge on any atom is -0.396 e. The second-order valence-corrected chi connectivity index (χ2v) is 4.14. The molecule has 0 aliphatic carbocycles. The lowest BCUT2D eigenvalue weighted by Gasteiger charge is -2.32. The zero-order chi connectivity index (χ0) is 10.4. The van der Waals surface area contributed by atoms with E-state index < -0.39 is 0 Å². The number of aliphatic hydroxyl groups is 2. The van der Waals surface area contributed by atoms with Gasteiger partial charge < -0.3 is 20.4 Å². The van der Waals surface area contributed by atoms with Crippen molar-refractivity contribution in [1.82, 2.24) is 10.2 Å². The van der Waals surface area contributed by atoms with Gasteiger partial charge in [-0.1, -0.05) is 0 Å². The van der Waals surface area contributed by atoms with Gasteiger partial charge in [-0.2, -0.15) is 0 Å². The van der Waals surface area contributed by atoms with Crippen molar-refractivity contribution in [3.8, 4) is 0 Å². The minimum atomic E-state index is 0.0633. The van der Waals surface area contributed by atoms with Crippen molar-refractivity contribution in [3.63, 3.8) is 0 Å². The lowest BCUT2D eigenvalue weighted by Crippen LogP contribution is -2.46. The summed E-state index contributed by atoms with van der Waals surface area (Å²) in [4.78, 5) is 2.32. The zero-order valence-electron chi connectivity index (χ0n) is 8.95. The Bertz CT molecular complexity index is 147. The standard InChI is InChI=1S/C10H22N2O2/c1-12-5-2-9(3-6-12)11-10(8-14)4-7-13/h9-11,13-14H,2-8H2,1H3. The summed E-state index contributed by atoms with van der Waals surface area (Å²) >= 11 is 0. The van der Waals surface area contributed by atoms with Crippen LogP contribution in [0.25, 0.3) is 0 Å². The summed E-state index contributed by atoms with van der Waals surface area (Å²) < 4.78 is 0. The molecule has 0 aromatic rings. The third-order valence-corrected chi connectivity index (χ3v) is 2.89. The van der Waals surface area contributed by atoms with Crippen molar-refractivity contribution in [3.05, 3.63) is 0 Å². The van der Waals surface area contributed by atoms with Crippen LogP contribution in [0.1, 0.15) is 19.3 Å². The molecule has 0 saturated carbocycles. The summed E-state index contributed by atoms with van der Waals surface area (Å²) in [7, 11) is 2.13. The van der Waals surface area contributed by atoms with Crippen LogP contribution >= 0.6 is 0 Å². The topological polar surface area (TPSA) is 55.7 Å². The molecule has 0 spiro atoms. The summed E-state index contributed by atoms with van der Waals surface area (Å²) in [6, 6.07) is 0.573. The molecule has 1 rings (SSSR count). The van der Waals surface area contributed by atoms with E-state index in [2.05, 4.69) is 17.3 Å². The maximum Gasteiger partial charge on any atom is 0.0585 e. The highest BCUT2D eigenvalue weighted by molar-refractivity contribution is 4.79. The molecular weight excluding hydrogens is 180 g/mol. The molecule has 84 valence electrons. The Labute approximate surface area is 85.9 Å². The van der Waals surface area contributed by atoms with Crippen LogP contribution in [0, 0.1) is 0 Å². The number of hydrogen-bond donors (Lipinski definition) is 3. The molecule has 0 aromatic heterocycles. The molecule has 14 heavy (non-hydrogen) atoms. The Balaban J connectivity index is 2.21. The van der Waals surface area contributed by atoms with Gasteiger partial charge in [0.1, 0.15) is 0 Å². The van der Waals surface area contributed by atoms with E-state index in [9.17, 15) is 0 Å². The predicted molar refractivity (Wildman–Crippen MR) is 56.2 cm³/mol. The third-order valence-electron chi connectivity index (χ3n) is 2.89. The van der Waals surface area contributed by atoms with Crippen LogP contribution in [0.15, 0.2) is 0 Å². The van der Waals surface area contributed by atoms with Gasteiger partial charge in [0.15, 0.2) is 0 Å². The lowest BCUT2D eigenvalue weighted by molar-refractivity contribution is 0.167. The summed E-state index contributed by atoms with van der Waals surface area (Å²) in [6.07, 6.45) is 2.92. The van der Waals surface area contributed by atoms with E-state index in [0.29, 0.717) is 12.5 Å². The Morgan fingerprint density at radius 3 is 2.50 bits per heavy atom. The first-order valence-corrected chi connectivity index (χ1v) is 5.42. The average Bonchev–Trinajstić information content (AvgIpc) is 2.20. The Hall–Kier alpha value is -0.160. The van der Waals surface area contributed by atoms with Crippen molar-refractivity contribution in [2.24, 2.45) is 0 Å². The number of nitrogens with one attached hydrogen (secondary N) is 1.